The zero-order valence-corrected chi connectivity index (χ0v) is 12.7. The molecule has 2 unspecified atom stereocenters. The highest BCUT2D eigenvalue weighted by Crippen LogP contribution is 2.31. The van der Waals surface area contributed by atoms with E-state index in [0.29, 0.717) is 23.8 Å². The smallest absolute Gasteiger partial charge is 0.338 e. The number of aliphatic hydroxyl groups is 1. The normalized spacial score (nSPS) is 25.3. The van der Waals surface area contributed by atoms with Gasteiger partial charge >= 0.3 is 12.0 Å². The summed E-state index contributed by atoms with van der Waals surface area (Å²) in [6.07, 6.45) is 3.41. The average molecular weight is 312 g/mol. The number of amides is 2. The molecular weight excluding hydrogens is 292 g/mol. The Labute approximate surface area is 127 Å². The van der Waals surface area contributed by atoms with E-state index in [0.717, 1.165) is 24.2 Å². The molecule has 0 aromatic carbocycles. The number of hydrogen-bond acceptors (Lipinski definition) is 4. The highest BCUT2D eigenvalue weighted by molar-refractivity contribution is 7.14. The van der Waals surface area contributed by atoms with Crippen LogP contribution >= 0.6 is 11.3 Å². The van der Waals surface area contributed by atoms with Crippen LogP contribution in [0.2, 0.25) is 0 Å². The van der Waals surface area contributed by atoms with Crippen molar-refractivity contribution in [2.24, 2.45) is 5.92 Å². The number of carboxylic acids is 1. The van der Waals surface area contributed by atoms with Gasteiger partial charge in [0.25, 0.3) is 0 Å². The third-order valence-corrected chi connectivity index (χ3v) is 4.60. The summed E-state index contributed by atoms with van der Waals surface area (Å²) in [6, 6.07) is 0.950. The van der Waals surface area contributed by atoms with Crippen molar-refractivity contribution in [3.63, 3.8) is 0 Å². The second-order valence-corrected chi connectivity index (χ2v) is 6.62. The molecule has 0 spiro atoms. The number of carboxylic acid groups (broad SMARTS) is 1. The third kappa shape index (κ3) is 4.18. The summed E-state index contributed by atoms with van der Waals surface area (Å²) in [4.78, 5) is 22.8. The lowest BCUT2D eigenvalue weighted by Crippen LogP contribution is -2.46. The van der Waals surface area contributed by atoms with E-state index in [1.54, 1.807) is 5.38 Å². The molecular formula is C14H20N2O4S. The van der Waals surface area contributed by atoms with Gasteiger partial charge < -0.3 is 15.5 Å². The van der Waals surface area contributed by atoms with Crippen LogP contribution < -0.4 is 10.6 Å². The van der Waals surface area contributed by atoms with Crippen molar-refractivity contribution in [1.29, 1.82) is 0 Å². The van der Waals surface area contributed by atoms with Crippen LogP contribution in [0.25, 0.3) is 0 Å². The minimum Gasteiger partial charge on any atom is -0.478 e. The Bertz CT molecular complexity index is 531. The molecule has 4 N–H and O–H groups in total. The standard InChI is InChI=1S/C14H20N2O4S/c1-9-3-2-5-14(20,7-9)8-15-13(19)16-11-10(12(17)18)4-6-21-11/h4,6,9,20H,2-3,5,7-8H2,1H3,(H,17,18)(H2,15,16,19). The molecule has 1 aliphatic rings. The van der Waals surface area contributed by atoms with Gasteiger partial charge in [0.05, 0.1) is 11.2 Å². The Morgan fingerprint density at radius 3 is 2.95 bits per heavy atom. The highest BCUT2D eigenvalue weighted by Gasteiger charge is 2.32. The Kier molecular flexibility index (Phi) is 4.84. The Balaban J connectivity index is 1.87. The summed E-state index contributed by atoms with van der Waals surface area (Å²) in [5, 5.41) is 26.4. The van der Waals surface area contributed by atoms with Gasteiger partial charge in [-0.15, -0.1) is 11.3 Å². The van der Waals surface area contributed by atoms with Gasteiger partial charge in [-0.1, -0.05) is 19.8 Å². The number of rotatable bonds is 4. The lowest BCUT2D eigenvalue weighted by atomic mass is 9.79. The summed E-state index contributed by atoms with van der Waals surface area (Å²) in [5.41, 5.74) is -0.791. The number of aromatic carboxylic acids is 1. The van der Waals surface area contributed by atoms with Crippen LogP contribution in [0.4, 0.5) is 9.80 Å². The van der Waals surface area contributed by atoms with Crippen LogP contribution in [0, 0.1) is 5.92 Å². The van der Waals surface area contributed by atoms with Gasteiger partial charge in [-0.3, -0.25) is 5.32 Å². The predicted molar refractivity (Wildman–Crippen MR) is 80.9 cm³/mol. The van der Waals surface area contributed by atoms with Gasteiger partial charge in [0.15, 0.2) is 0 Å². The number of carbonyl (C=O) groups is 2. The second kappa shape index (κ2) is 6.44. The quantitative estimate of drug-likeness (QED) is 0.686. The van der Waals surface area contributed by atoms with E-state index in [-0.39, 0.29) is 12.1 Å². The fourth-order valence-electron chi connectivity index (χ4n) is 2.76. The number of carbonyl (C=O) groups excluding carboxylic acids is 1. The van der Waals surface area contributed by atoms with E-state index < -0.39 is 17.6 Å². The third-order valence-electron chi connectivity index (χ3n) is 3.77. The molecule has 1 aromatic rings. The largest absolute Gasteiger partial charge is 0.478 e. The Hall–Kier alpha value is -1.60. The summed E-state index contributed by atoms with van der Waals surface area (Å²) >= 11 is 1.15. The van der Waals surface area contributed by atoms with Crippen LogP contribution in [0.1, 0.15) is 43.0 Å². The SMILES string of the molecule is CC1CCCC(O)(CNC(=O)Nc2sccc2C(=O)O)C1. The molecule has 1 saturated carbocycles. The lowest BCUT2D eigenvalue weighted by molar-refractivity contribution is -0.00921. The zero-order chi connectivity index (χ0) is 15.5. The molecule has 1 fully saturated rings. The molecule has 1 aromatic heterocycles. The molecule has 0 aliphatic heterocycles. The number of nitrogens with one attached hydrogen (secondary N) is 2. The Morgan fingerprint density at radius 1 is 1.52 bits per heavy atom. The first-order chi connectivity index (χ1) is 9.89. The summed E-state index contributed by atoms with van der Waals surface area (Å²) < 4.78 is 0. The molecule has 0 radical (unpaired) electrons. The van der Waals surface area contributed by atoms with Crippen LogP contribution in [-0.4, -0.2) is 34.4 Å². The van der Waals surface area contributed by atoms with E-state index in [2.05, 4.69) is 17.6 Å². The average Bonchev–Trinajstić information content (AvgIpc) is 2.84. The zero-order valence-electron chi connectivity index (χ0n) is 11.9. The van der Waals surface area contributed by atoms with Crippen LogP contribution in [0.3, 0.4) is 0 Å². The molecule has 7 heteroatoms. The molecule has 2 rings (SSSR count). The minimum atomic E-state index is -1.08. The van der Waals surface area contributed by atoms with Gasteiger partial charge in [0, 0.05) is 6.54 Å². The van der Waals surface area contributed by atoms with E-state index in [9.17, 15) is 14.7 Å². The fraction of sp³-hybridized carbons (Fsp3) is 0.571. The Morgan fingerprint density at radius 2 is 2.29 bits per heavy atom. The van der Waals surface area contributed by atoms with Gasteiger partial charge in [0.1, 0.15) is 5.00 Å². The summed E-state index contributed by atoms with van der Waals surface area (Å²) in [7, 11) is 0. The second-order valence-electron chi connectivity index (χ2n) is 5.70. The summed E-state index contributed by atoms with van der Waals surface area (Å²) in [6.45, 7) is 2.27. The monoisotopic (exact) mass is 312 g/mol. The first-order valence-electron chi connectivity index (χ1n) is 6.98. The van der Waals surface area contributed by atoms with Crippen molar-refractivity contribution in [2.75, 3.05) is 11.9 Å². The molecule has 2 amide bonds. The topological polar surface area (TPSA) is 98.7 Å². The van der Waals surface area contributed by atoms with Gasteiger partial charge in [-0.2, -0.15) is 0 Å². The van der Waals surface area contributed by atoms with E-state index in [1.807, 2.05) is 0 Å². The van der Waals surface area contributed by atoms with Crippen LogP contribution in [-0.2, 0) is 0 Å². The maximum absolute atomic E-state index is 11.8. The van der Waals surface area contributed by atoms with Gasteiger partial charge in [-0.25, -0.2) is 9.59 Å². The van der Waals surface area contributed by atoms with Gasteiger partial charge in [-0.05, 0) is 30.2 Å². The van der Waals surface area contributed by atoms with Crippen molar-refractivity contribution in [3.05, 3.63) is 17.0 Å². The highest BCUT2D eigenvalue weighted by atomic mass is 32.1. The van der Waals surface area contributed by atoms with E-state index in [4.69, 9.17) is 5.11 Å². The summed E-state index contributed by atoms with van der Waals surface area (Å²) in [5.74, 6) is -0.629. The lowest BCUT2D eigenvalue weighted by Gasteiger charge is -2.35. The first kappa shape index (κ1) is 15.8. The fourth-order valence-corrected chi connectivity index (χ4v) is 3.53. The van der Waals surface area contributed by atoms with Crippen molar-refractivity contribution in [3.8, 4) is 0 Å². The van der Waals surface area contributed by atoms with Crippen LogP contribution in [0.15, 0.2) is 11.4 Å². The van der Waals surface area contributed by atoms with Crippen LogP contribution in [0.5, 0.6) is 0 Å². The van der Waals surface area contributed by atoms with Crippen molar-refractivity contribution < 1.29 is 19.8 Å². The molecule has 1 aliphatic carbocycles. The molecule has 0 saturated heterocycles. The predicted octanol–water partition coefficient (Wildman–Crippen LogP) is 2.51. The molecule has 116 valence electrons. The molecule has 0 bridgehead atoms. The van der Waals surface area contributed by atoms with Crippen molar-refractivity contribution >= 4 is 28.3 Å². The van der Waals surface area contributed by atoms with Gasteiger partial charge in [0.2, 0.25) is 0 Å². The molecule has 2 atom stereocenters. The maximum Gasteiger partial charge on any atom is 0.338 e. The molecule has 6 nitrogen and oxygen atoms in total. The van der Waals surface area contributed by atoms with Crippen molar-refractivity contribution in [2.45, 2.75) is 38.2 Å². The number of urea groups is 1. The molecule has 1 heterocycles. The first-order valence-corrected chi connectivity index (χ1v) is 7.86. The number of anilines is 1. The number of hydrogen-bond donors (Lipinski definition) is 4. The maximum atomic E-state index is 11.8. The number of thiophene rings is 1. The minimum absolute atomic E-state index is 0.0696. The van der Waals surface area contributed by atoms with E-state index in [1.165, 1.54) is 6.07 Å². The van der Waals surface area contributed by atoms with Crippen molar-refractivity contribution in [1.82, 2.24) is 5.32 Å². The molecule has 21 heavy (non-hydrogen) atoms. The van der Waals surface area contributed by atoms with E-state index >= 15 is 0 Å².